The quantitative estimate of drug-likeness (QED) is 0.850. The zero-order valence-electron chi connectivity index (χ0n) is 11.6. The molecule has 1 aromatic carbocycles. The van der Waals surface area contributed by atoms with E-state index in [0.29, 0.717) is 6.54 Å². The molecule has 2 N–H and O–H groups in total. The summed E-state index contributed by atoms with van der Waals surface area (Å²) in [4.78, 5) is 2.24. The minimum Gasteiger partial charge on any atom is -0.496 e. The van der Waals surface area contributed by atoms with Crippen molar-refractivity contribution in [3.63, 3.8) is 0 Å². The molecule has 0 amide bonds. The van der Waals surface area contributed by atoms with E-state index in [2.05, 4.69) is 38.8 Å². The monoisotopic (exact) mass is 236 g/mol. The molecule has 0 spiro atoms. The smallest absolute Gasteiger partial charge is 0.124 e. The van der Waals surface area contributed by atoms with Crippen LogP contribution < -0.4 is 10.5 Å². The van der Waals surface area contributed by atoms with Crippen molar-refractivity contribution in [2.24, 2.45) is 5.73 Å². The van der Waals surface area contributed by atoms with Crippen molar-refractivity contribution >= 4 is 0 Å². The normalized spacial score (nSPS) is 11.0. The first-order valence-corrected chi connectivity index (χ1v) is 6.03. The molecule has 3 heteroatoms. The van der Waals surface area contributed by atoms with E-state index in [9.17, 15) is 0 Å². The predicted molar refractivity (Wildman–Crippen MR) is 72.6 cm³/mol. The molecule has 0 saturated carbocycles. The number of hydrogen-bond donors (Lipinski definition) is 1. The van der Waals surface area contributed by atoms with E-state index < -0.39 is 0 Å². The third-order valence-electron chi connectivity index (χ3n) is 3.29. The number of aryl methyl sites for hydroxylation is 1. The molecular formula is C14H24N2O. The lowest BCUT2D eigenvalue weighted by Crippen LogP contribution is -2.25. The van der Waals surface area contributed by atoms with E-state index >= 15 is 0 Å². The van der Waals surface area contributed by atoms with Crippen LogP contribution in [-0.4, -0.2) is 32.1 Å². The molecule has 0 aliphatic carbocycles. The summed E-state index contributed by atoms with van der Waals surface area (Å²) in [6, 6.07) is 2.22. The number of benzene rings is 1. The second-order valence-electron chi connectivity index (χ2n) is 4.66. The lowest BCUT2D eigenvalue weighted by atomic mass is 9.98. The number of methoxy groups -OCH3 is 1. The zero-order valence-corrected chi connectivity index (χ0v) is 11.6. The van der Waals surface area contributed by atoms with Crippen LogP contribution in [0.25, 0.3) is 0 Å². The van der Waals surface area contributed by atoms with Crippen molar-refractivity contribution in [3.05, 3.63) is 28.3 Å². The van der Waals surface area contributed by atoms with E-state index in [0.717, 1.165) is 18.8 Å². The SMILES string of the molecule is COc1c(C)cc(CN(C)CCN)c(C)c1C. The average molecular weight is 236 g/mol. The summed E-state index contributed by atoms with van der Waals surface area (Å²) in [5.74, 6) is 1.01. The Labute approximate surface area is 105 Å². The van der Waals surface area contributed by atoms with E-state index in [1.54, 1.807) is 7.11 Å². The van der Waals surface area contributed by atoms with Gasteiger partial charge >= 0.3 is 0 Å². The van der Waals surface area contributed by atoms with Crippen LogP contribution in [0.4, 0.5) is 0 Å². The largest absolute Gasteiger partial charge is 0.496 e. The Kier molecular flexibility index (Phi) is 4.97. The number of hydrogen-bond acceptors (Lipinski definition) is 3. The topological polar surface area (TPSA) is 38.5 Å². The Hall–Kier alpha value is -1.06. The van der Waals surface area contributed by atoms with Gasteiger partial charge in [-0.1, -0.05) is 6.07 Å². The lowest BCUT2D eigenvalue weighted by molar-refractivity contribution is 0.335. The number of ether oxygens (including phenoxy) is 1. The summed E-state index contributed by atoms with van der Waals surface area (Å²) in [7, 11) is 3.83. The summed E-state index contributed by atoms with van der Waals surface area (Å²) in [6.45, 7) is 8.93. The van der Waals surface area contributed by atoms with Crippen LogP contribution in [0.1, 0.15) is 22.3 Å². The van der Waals surface area contributed by atoms with Gasteiger partial charge in [-0.15, -0.1) is 0 Å². The predicted octanol–water partition coefficient (Wildman–Crippen LogP) is 2.01. The Morgan fingerprint density at radius 1 is 1.24 bits per heavy atom. The fraction of sp³-hybridized carbons (Fsp3) is 0.571. The zero-order chi connectivity index (χ0) is 13.0. The van der Waals surface area contributed by atoms with Crippen molar-refractivity contribution in [1.29, 1.82) is 0 Å². The Bertz CT molecular complexity index is 388. The van der Waals surface area contributed by atoms with Crippen molar-refractivity contribution < 1.29 is 4.74 Å². The number of rotatable bonds is 5. The molecule has 0 heterocycles. The van der Waals surface area contributed by atoms with Crippen molar-refractivity contribution in [2.75, 3.05) is 27.2 Å². The first kappa shape index (κ1) is 14.0. The van der Waals surface area contributed by atoms with Crippen molar-refractivity contribution in [3.8, 4) is 5.75 Å². The van der Waals surface area contributed by atoms with Gasteiger partial charge in [-0.05, 0) is 50.1 Å². The second kappa shape index (κ2) is 6.03. The van der Waals surface area contributed by atoms with Crippen LogP contribution in [-0.2, 0) is 6.54 Å². The number of nitrogens with zero attached hydrogens (tertiary/aromatic N) is 1. The van der Waals surface area contributed by atoms with E-state index in [4.69, 9.17) is 10.5 Å². The van der Waals surface area contributed by atoms with Gasteiger partial charge < -0.3 is 15.4 Å². The van der Waals surface area contributed by atoms with Crippen LogP contribution in [0.5, 0.6) is 5.75 Å². The van der Waals surface area contributed by atoms with E-state index in [1.807, 2.05) is 0 Å². The van der Waals surface area contributed by atoms with Crippen LogP contribution in [0.15, 0.2) is 6.07 Å². The summed E-state index contributed by atoms with van der Waals surface area (Å²) in [5, 5.41) is 0. The van der Waals surface area contributed by atoms with Gasteiger partial charge in [0, 0.05) is 19.6 Å². The van der Waals surface area contributed by atoms with Crippen LogP contribution in [0, 0.1) is 20.8 Å². The van der Waals surface area contributed by atoms with Gasteiger partial charge in [0.05, 0.1) is 7.11 Å². The van der Waals surface area contributed by atoms with E-state index in [1.165, 1.54) is 22.3 Å². The molecule has 0 fully saturated rings. The average Bonchev–Trinajstić information content (AvgIpc) is 2.26. The molecule has 3 nitrogen and oxygen atoms in total. The molecule has 0 aliphatic rings. The van der Waals surface area contributed by atoms with Crippen LogP contribution in [0.3, 0.4) is 0 Å². The van der Waals surface area contributed by atoms with Gasteiger partial charge in [0.1, 0.15) is 5.75 Å². The van der Waals surface area contributed by atoms with Gasteiger partial charge in [-0.2, -0.15) is 0 Å². The van der Waals surface area contributed by atoms with Gasteiger partial charge in [-0.3, -0.25) is 0 Å². The summed E-state index contributed by atoms with van der Waals surface area (Å²) in [6.07, 6.45) is 0. The summed E-state index contributed by atoms with van der Waals surface area (Å²) in [5.41, 5.74) is 10.7. The minimum absolute atomic E-state index is 0.698. The molecule has 0 bridgehead atoms. The Balaban J connectivity index is 3.02. The number of likely N-dealkylation sites (N-methyl/N-ethyl adjacent to an activating group) is 1. The molecule has 0 aromatic heterocycles. The number of nitrogens with two attached hydrogens (primary N) is 1. The minimum atomic E-state index is 0.698. The van der Waals surface area contributed by atoms with Crippen molar-refractivity contribution in [2.45, 2.75) is 27.3 Å². The van der Waals surface area contributed by atoms with Crippen LogP contribution >= 0.6 is 0 Å². The first-order valence-electron chi connectivity index (χ1n) is 6.03. The highest BCUT2D eigenvalue weighted by Crippen LogP contribution is 2.28. The van der Waals surface area contributed by atoms with E-state index in [-0.39, 0.29) is 0 Å². The second-order valence-corrected chi connectivity index (χ2v) is 4.66. The fourth-order valence-electron chi connectivity index (χ4n) is 2.21. The van der Waals surface area contributed by atoms with Gasteiger partial charge in [0.2, 0.25) is 0 Å². The molecule has 96 valence electrons. The Morgan fingerprint density at radius 2 is 1.88 bits per heavy atom. The highest BCUT2D eigenvalue weighted by molar-refractivity contribution is 5.48. The first-order chi connectivity index (χ1) is 8.01. The third-order valence-corrected chi connectivity index (χ3v) is 3.29. The molecule has 0 aliphatic heterocycles. The lowest BCUT2D eigenvalue weighted by Gasteiger charge is -2.20. The molecule has 1 aromatic rings. The highest BCUT2D eigenvalue weighted by Gasteiger charge is 2.11. The molecule has 0 atom stereocenters. The molecule has 1 rings (SSSR count). The fourth-order valence-corrected chi connectivity index (χ4v) is 2.21. The maximum absolute atomic E-state index is 5.56. The maximum atomic E-state index is 5.56. The molecule has 0 unspecified atom stereocenters. The van der Waals surface area contributed by atoms with Gasteiger partial charge in [0.15, 0.2) is 0 Å². The van der Waals surface area contributed by atoms with Gasteiger partial charge in [-0.25, -0.2) is 0 Å². The molecular weight excluding hydrogens is 212 g/mol. The molecule has 0 radical (unpaired) electrons. The third kappa shape index (κ3) is 3.20. The summed E-state index contributed by atoms with van der Waals surface area (Å²) >= 11 is 0. The highest BCUT2D eigenvalue weighted by atomic mass is 16.5. The standard InChI is InChI=1S/C14H24N2O/c1-10-8-13(9-16(4)7-6-15)11(2)12(3)14(10)17-5/h8H,6-7,9,15H2,1-5H3. The summed E-state index contributed by atoms with van der Waals surface area (Å²) < 4.78 is 5.43. The maximum Gasteiger partial charge on any atom is 0.124 e. The van der Waals surface area contributed by atoms with Gasteiger partial charge in [0.25, 0.3) is 0 Å². The van der Waals surface area contributed by atoms with Crippen LogP contribution in [0.2, 0.25) is 0 Å². The van der Waals surface area contributed by atoms with Crippen molar-refractivity contribution in [1.82, 2.24) is 4.90 Å². The Morgan fingerprint density at radius 3 is 2.41 bits per heavy atom. The molecule has 17 heavy (non-hydrogen) atoms. The molecule has 0 saturated heterocycles.